The van der Waals surface area contributed by atoms with Gasteiger partial charge in [0.1, 0.15) is 12.4 Å². The van der Waals surface area contributed by atoms with E-state index in [1.54, 1.807) is 12.1 Å². The van der Waals surface area contributed by atoms with Crippen LogP contribution in [-0.4, -0.2) is 41.8 Å². The second-order valence-corrected chi connectivity index (χ2v) is 8.08. The second kappa shape index (κ2) is 9.16. The lowest BCUT2D eigenvalue weighted by atomic mass is 10.0. The number of rotatable bonds is 7. The van der Waals surface area contributed by atoms with Crippen LogP contribution in [0.2, 0.25) is 0 Å². The number of carbonyl (C=O) groups is 1. The summed E-state index contributed by atoms with van der Waals surface area (Å²) < 4.78 is 43.2. The standard InChI is InChI=1S/C22H20F3N7O3/c1-13(2)14-3-5-15(6-4-14)17-9-19(22(23,24)25)31-20(28-17)10-18(29-31)21(33)26-7-8-30-12-16(11-27-30)32(34)35/h3-6,9-13H,7-8H2,1-2H3,(H,26,33). The molecule has 0 saturated carbocycles. The lowest BCUT2D eigenvalue weighted by Gasteiger charge is -2.11. The highest BCUT2D eigenvalue weighted by molar-refractivity contribution is 5.93. The van der Waals surface area contributed by atoms with Gasteiger partial charge >= 0.3 is 11.9 Å². The Labute approximate surface area is 196 Å². The molecule has 0 saturated heterocycles. The number of nitrogens with one attached hydrogen (secondary N) is 1. The largest absolute Gasteiger partial charge is 0.433 e. The Hall–Kier alpha value is -4.29. The van der Waals surface area contributed by atoms with Crippen LogP contribution in [0.5, 0.6) is 0 Å². The molecule has 3 aromatic heterocycles. The van der Waals surface area contributed by atoms with Gasteiger partial charge < -0.3 is 5.32 Å². The number of nitrogens with zero attached hydrogens (tertiary/aromatic N) is 6. The molecule has 0 radical (unpaired) electrons. The highest BCUT2D eigenvalue weighted by Gasteiger charge is 2.35. The van der Waals surface area contributed by atoms with Gasteiger partial charge in [-0.2, -0.15) is 23.4 Å². The molecule has 0 atom stereocenters. The zero-order valence-electron chi connectivity index (χ0n) is 18.7. The normalized spacial score (nSPS) is 11.8. The highest BCUT2D eigenvalue weighted by Crippen LogP contribution is 2.32. The third-order valence-electron chi connectivity index (χ3n) is 5.28. The first-order valence-corrected chi connectivity index (χ1v) is 10.6. The monoisotopic (exact) mass is 487 g/mol. The summed E-state index contributed by atoms with van der Waals surface area (Å²) in [5, 5.41) is 20.8. The van der Waals surface area contributed by atoms with Crippen molar-refractivity contribution < 1.29 is 22.9 Å². The van der Waals surface area contributed by atoms with Gasteiger partial charge in [-0.05, 0) is 17.5 Å². The summed E-state index contributed by atoms with van der Waals surface area (Å²) in [6, 6.07) is 9.16. The van der Waals surface area contributed by atoms with Crippen LogP contribution in [0.1, 0.15) is 41.5 Å². The van der Waals surface area contributed by atoms with Crippen molar-refractivity contribution in [3.8, 4) is 11.3 Å². The average Bonchev–Trinajstić information content (AvgIpc) is 3.45. The van der Waals surface area contributed by atoms with Crippen LogP contribution in [0.15, 0.2) is 48.8 Å². The molecule has 3 heterocycles. The number of halogens is 3. The first-order chi connectivity index (χ1) is 16.5. The van der Waals surface area contributed by atoms with Crippen LogP contribution in [0, 0.1) is 10.1 Å². The molecule has 182 valence electrons. The molecule has 35 heavy (non-hydrogen) atoms. The summed E-state index contributed by atoms with van der Waals surface area (Å²) in [4.78, 5) is 26.9. The molecule has 10 nitrogen and oxygen atoms in total. The molecule has 0 aliphatic carbocycles. The predicted octanol–water partition coefficient (Wildman–Crippen LogP) is 4.07. The third-order valence-corrected chi connectivity index (χ3v) is 5.28. The van der Waals surface area contributed by atoms with Crippen molar-refractivity contribution in [1.82, 2.24) is 29.7 Å². The molecule has 0 unspecified atom stereocenters. The van der Waals surface area contributed by atoms with E-state index in [1.807, 2.05) is 26.0 Å². The molecular formula is C22H20F3N7O3. The van der Waals surface area contributed by atoms with E-state index in [-0.39, 0.29) is 41.7 Å². The number of carbonyl (C=O) groups excluding carboxylic acids is 1. The quantitative estimate of drug-likeness (QED) is 0.310. The molecule has 13 heteroatoms. The maximum Gasteiger partial charge on any atom is 0.433 e. The molecule has 0 aliphatic rings. The van der Waals surface area contributed by atoms with Crippen molar-refractivity contribution in [2.75, 3.05) is 6.54 Å². The van der Waals surface area contributed by atoms with E-state index in [0.717, 1.165) is 17.8 Å². The Morgan fingerprint density at radius 2 is 1.91 bits per heavy atom. The maximum absolute atomic E-state index is 13.8. The summed E-state index contributed by atoms with van der Waals surface area (Å²) in [5.74, 6) is -0.447. The Kier molecular flexibility index (Phi) is 6.24. The fraction of sp³-hybridized carbons (Fsp3) is 0.273. The van der Waals surface area contributed by atoms with E-state index < -0.39 is 22.7 Å². The van der Waals surface area contributed by atoms with Crippen molar-refractivity contribution in [2.45, 2.75) is 32.5 Å². The molecule has 4 rings (SSSR count). The minimum Gasteiger partial charge on any atom is -0.349 e. The van der Waals surface area contributed by atoms with Gasteiger partial charge in [0.25, 0.3) is 5.91 Å². The van der Waals surface area contributed by atoms with Crippen molar-refractivity contribution in [3.05, 3.63) is 75.9 Å². The topological polar surface area (TPSA) is 120 Å². The number of benzene rings is 1. The second-order valence-electron chi connectivity index (χ2n) is 8.08. The Morgan fingerprint density at radius 3 is 2.51 bits per heavy atom. The van der Waals surface area contributed by atoms with Gasteiger partial charge in [-0.25, -0.2) is 9.50 Å². The lowest BCUT2D eigenvalue weighted by Crippen LogP contribution is -2.27. The number of nitro groups is 1. The van der Waals surface area contributed by atoms with Gasteiger partial charge in [0, 0.05) is 18.2 Å². The fourth-order valence-corrected chi connectivity index (χ4v) is 3.42. The molecule has 0 aliphatic heterocycles. The van der Waals surface area contributed by atoms with Crippen LogP contribution in [0.3, 0.4) is 0 Å². The number of alkyl halides is 3. The van der Waals surface area contributed by atoms with Crippen LogP contribution in [0.25, 0.3) is 16.9 Å². The van der Waals surface area contributed by atoms with Gasteiger partial charge in [0.05, 0.1) is 17.2 Å². The fourth-order valence-electron chi connectivity index (χ4n) is 3.42. The van der Waals surface area contributed by atoms with Gasteiger partial charge in [-0.1, -0.05) is 38.1 Å². The van der Waals surface area contributed by atoms with Crippen LogP contribution < -0.4 is 5.32 Å². The van der Waals surface area contributed by atoms with E-state index >= 15 is 0 Å². The first kappa shape index (κ1) is 23.9. The zero-order chi connectivity index (χ0) is 25.3. The van der Waals surface area contributed by atoms with Gasteiger partial charge in [-0.15, -0.1) is 0 Å². The smallest absolute Gasteiger partial charge is 0.349 e. The highest BCUT2D eigenvalue weighted by atomic mass is 19.4. The van der Waals surface area contributed by atoms with Crippen LogP contribution >= 0.6 is 0 Å². The summed E-state index contributed by atoms with van der Waals surface area (Å²) in [7, 11) is 0. The summed E-state index contributed by atoms with van der Waals surface area (Å²) in [6.07, 6.45) is -2.46. The van der Waals surface area contributed by atoms with Crippen molar-refractivity contribution in [2.24, 2.45) is 0 Å². The van der Waals surface area contributed by atoms with Gasteiger partial charge in [0.15, 0.2) is 17.0 Å². The number of hydrogen-bond acceptors (Lipinski definition) is 6. The van der Waals surface area contributed by atoms with E-state index in [2.05, 4.69) is 20.5 Å². The molecular weight excluding hydrogens is 467 g/mol. The van der Waals surface area contributed by atoms with Crippen LogP contribution in [-0.2, 0) is 12.7 Å². The predicted molar refractivity (Wildman–Crippen MR) is 119 cm³/mol. The minimum absolute atomic E-state index is 0.0263. The van der Waals surface area contributed by atoms with Crippen molar-refractivity contribution >= 4 is 17.2 Å². The molecule has 1 aromatic carbocycles. The summed E-state index contributed by atoms with van der Waals surface area (Å²) in [6.45, 7) is 4.17. The van der Waals surface area contributed by atoms with Crippen molar-refractivity contribution in [1.29, 1.82) is 0 Å². The molecule has 0 bridgehead atoms. The zero-order valence-corrected chi connectivity index (χ0v) is 18.7. The minimum atomic E-state index is -4.73. The molecule has 4 aromatic rings. The van der Waals surface area contributed by atoms with Gasteiger partial charge in [-0.3, -0.25) is 19.6 Å². The van der Waals surface area contributed by atoms with Crippen molar-refractivity contribution in [3.63, 3.8) is 0 Å². The average molecular weight is 487 g/mol. The van der Waals surface area contributed by atoms with Gasteiger partial charge in [0.2, 0.25) is 0 Å². The number of hydrogen-bond donors (Lipinski definition) is 1. The SMILES string of the molecule is CC(C)c1ccc(-c2cc(C(F)(F)F)n3nc(C(=O)NCCn4cc([N+](=O)[O-])cn4)cc3n2)cc1. The van der Waals surface area contributed by atoms with E-state index in [4.69, 9.17) is 0 Å². The first-order valence-electron chi connectivity index (χ1n) is 10.6. The summed E-state index contributed by atoms with van der Waals surface area (Å²) >= 11 is 0. The molecule has 1 amide bonds. The van der Waals surface area contributed by atoms with E-state index in [0.29, 0.717) is 10.1 Å². The molecule has 0 spiro atoms. The molecule has 0 fully saturated rings. The summed E-state index contributed by atoms with van der Waals surface area (Å²) in [5.41, 5.74) is 0.0110. The number of aromatic nitrogens is 5. The number of amides is 1. The Morgan fingerprint density at radius 1 is 1.20 bits per heavy atom. The third kappa shape index (κ3) is 5.13. The lowest BCUT2D eigenvalue weighted by molar-refractivity contribution is -0.385. The van der Waals surface area contributed by atoms with E-state index in [1.165, 1.54) is 16.9 Å². The molecule has 1 N–H and O–H groups in total. The van der Waals surface area contributed by atoms with Crippen LogP contribution in [0.4, 0.5) is 18.9 Å². The van der Waals surface area contributed by atoms with E-state index in [9.17, 15) is 28.1 Å². The number of fused-ring (bicyclic) bond motifs is 1. The Balaban J connectivity index is 1.58. The maximum atomic E-state index is 13.8. The Bertz CT molecular complexity index is 1390.